The molecule has 0 fully saturated rings. The zero-order valence-corrected chi connectivity index (χ0v) is 19.7. The molecule has 0 aromatic heterocycles. The average molecular weight is 475 g/mol. The lowest BCUT2D eigenvalue weighted by molar-refractivity contribution is 0.220. The summed E-state index contributed by atoms with van der Waals surface area (Å²) < 4.78 is 8.27. The topological polar surface area (TPSA) is 40.5 Å². The van der Waals surface area contributed by atoms with E-state index in [4.69, 9.17) is 0 Å². The van der Waals surface area contributed by atoms with Crippen molar-refractivity contribution in [3.05, 3.63) is 25.4 Å². The van der Waals surface area contributed by atoms with Crippen LogP contribution in [0.25, 0.3) is 0 Å². The first-order chi connectivity index (χ1) is 11.5. The largest absolute Gasteiger partial charge is 0.393 e. The van der Waals surface area contributed by atoms with E-state index in [9.17, 15) is 10.2 Å². The van der Waals surface area contributed by atoms with Crippen LogP contribution in [0.1, 0.15) is 13.8 Å². The molecule has 0 saturated heterocycles. The zero-order valence-electron chi connectivity index (χ0n) is 13.1. The average Bonchev–Trinajstić information content (AvgIpc) is 3.14. The summed E-state index contributed by atoms with van der Waals surface area (Å²) in [6.45, 7) is 3.66. The highest BCUT2D eigenvalue weighted by molar-refractivity contribution is 8.45. The first kappa shape index (κ1) is 20.7. The summed E-state index contributed by atoms with van der Waals surface area (Å²) in [6, 6.07) is 0. The van der Waals surface area contributed by atoms with E-state index < -0.39 is 0 Å². The van der Waals surface area contributed by atoms with Crippen LogP contribution in [0.5, 0.6) is 0 Å². The maximum atomic E-state index is 9.60. The second kappa shape index (κ2) is 9.93. The third-order valence-corrected chi connectivity index (χ3v) is 15.0. The van der Waals surface area contributed by atoms with Crippen molar-refractivity contribution in [3.63, 3.8) is 0 Å². The van der Waals surface area contributed by atoms with Gasteiger partial charge in [-0.1, -0.05) is 47.0 Å². The first-order valence-electron chi connectivity index (χ1n) is 7.34. The van der Waals surface area contributed by atoms with Gasteiger partial charge in [0, 0.05) is 23.0 Å². The van der Waals surface area contributed by atoms with Crippen LogP contribution in [0.3, 0.4) is 0 Å². The van der Waals surface area contributed by atoms with Crippen LogP contribution in [0, 0.1) is 0 Å². The summed E-state index contributed by atoms with van der Waals surface area (Å²) in [6.07, 6.45) is -0.602. The van der Waals surface area contributed by atoms with Crippen LogP contribution < -0.4 is 0 Å². The summed E-state index contributed by atoms with van der Waals surface area (Å²) in [5.41, 5.74) is 0. The molecule has 3 aliphatic heterocycles. The van der Waals surface area contributed by atoms with Crippen LogP contribution in [-0.4, -0.2) is 45.4 Å². The molecule has 3 rings (SSSR count). The molecule has 3 aliphatic rings. The van der Waals surface area contributed by atoms with E-state index in [0.29, 0.717) is 11.5 Å². The minimum atomic E-state index is -0.301. The van der Waals surface area contributed by atoms with Gasteiger partial charge in [-0.2, -0.15) is 0 Å². The fourth-order valence-corrected chi connectivity index (χ4v) is 13.6. The SMILES string of the molecule is C[C@H](O)CSC1=C(SC[C@H](C)O)SC(=C2SC3=C(SCCS3)S2)S1. The normalized spacial score (nSPS) is 24.0. The quantitative estimate of drug-likeness (QED) is 0.476. The molecule has 24 heavy (non-hydrogen) atoms. The van der Waals surface area contributed by atoms with E-state index in [-0.39, 0.29) is 12.2 Å². The fraction of sp³-hybridized carbons (Fsp3) is 0.571. The number of rotatable bonds is 6. The summed E-state index contributed by atoms with van der Waals surface area (Å²) >= 11 is 15.0. The molecular formula is C14H18O2S8. The number of hydrogen-bond acceptors (Lipinski definition) is 10. The highest BCUT2D eigenvalue weighted by Gasteiger charge is 2.32. The van der Waals surface area contributed by atoms with Gasteiger partial charge in [-0.25, -0.2) is 0 Å². The van der Waals surface area contributed by atoms with E-state index in [0.717, 1.165) is 0 Å². The maximum Gasteiger partial charge on any atom is 0.0717 e. The highest BCUT2D eigenvalue weighted by atomic mass is 32.3. The Morgan fingerprint density at radius 1 is 0.750 bits per heavy atom. The number of aliphatic hydroxyl groups excluding tert-OH is 2. The molecule has 0 amide bonds. The van der Waals surface area contributed by atoms with Crippen molar-refractivity contribution in [3.8, 4) is 0 Å². The molecular weight excluding hydrogens is 457 g/mol. The smallest absolute Gasteiger partial charge is 0.0717 e. The summed E-state index contributed by atoms with van der Waals surface area (Å²) in [5, 5.41) is 19.2. The maximum absolute atomic E-state index is 9.60. The minimum Gasteiger partial charge on any atom is -0.393 e. The molecule has 134 valence electrons. The predicted octanol–water partition coefficient (Wildman–Crippen LogP) is 6.03. The van der Waals surface area contributed by atoms with E-state index in [1.807, 2.05) is 84.4 Å². The lowest BCUT2D eigenvalue weighted by Crippen LogP contribution is -2.03. The standard InChI is InChI=1S/C14H18O2S8/c1-7(15)5-19-11-12(20-6-8(2)16)24-14(23-11)13-21-9-10(22-13)18-4-3-17-9/h7-8,15-16H,3-6H2,1-2H3/t7-,8-/m0/s1. The van der Waals surface area contributed by atoms with Gasteiger partial charge in [-0.3, -0.25) is 0 Å². The van der Waals surface area contributed by atoms with Crippen molar-refractivity contribution in [1.82, 2.24) is 0 Å². The first-order valence-corrected chi connectivity index (χ1v) is 14.6. The Morgan fingerprint density at radius 3 is 1.58 bits per heavy atom. The molecule has 3 heterocycles. The number of thioether (sulfide) groups is 8. The second-order valence-corrected chi connectivity index (χ2v) is 15.1. The van der Waals surface area contributed by atoms with Crippen molar-refractivity contribution >= 4 is 94.1 Å². The van der Waals surface area contributed by atoms with Crippen LogP contribution in [0.4, 0.5) is 0 Å². The van der Waals surface area contributed by atoms with Gasteiger partial charge in [0.1, 0.15) is 0 Å². The van der Waals surface area contributed by atoms with Crippen LogP contribution in [0.15, 0.2) is 25.4 Å². The van der Waals surface area contributed by atoms with Gasteiger partial charge in [0.2, 0.25) is 0 Å². The highest BCUT2D eigenvalue weighted by Crippen LogP contribution is 2.66. The zero-order chi connectivity index (χ0) is 17.1. The van der Waals surface area contributed by atoms with Gasteiger partial charge in [0.15, 0.2) is 0 Å². The van der Waals surface area contributed by atoms with Crippen molar-refractivity contribution in [1.29, 1.82) is 0 Å². The van der Waals surface area contributed by atoms with Gasteiger partial charge in [-0.15, -0.1) is 47.0 Å². The monoisotopic (exact) mass is 474 g/mol. The Hall–Kier alpha value is 1.94. The van der Waals surface area contributed by atoms with Crippen molar-refractivity contribution < 1.29 is 10.2 Å². The summed E-state index contributed by atoms with van der Waals surface area (Å²) in [4.78, 5) is 0. The van der Waals surface area contributed by atoms with Gasteiger partial charge < -0.3 is 10.2 Å². The lowest BCUT2D eigenvalue weighted by Gasteiger charge is -2.08. The Labute approximate surface area is 177 Å². The van der Waals surface area contributed by atoms with E-state index in [1.54, 1.807) is 23.5 Å². The molecule has 2 N–H and O–H groups in total. The summed E-state index contributed by atoms with van der Waals surface area (Å²) in [5.74, 6) is 3.85. The third kappa shape index (κ3) is 5.72. The molecule has 0 spiro atoms. The minimum absolute atomic E-state index is 0.301. The molecule has 2 atom stereocenters. The van der Waals surface area contributed by atoms with Crippen LogP contribution >= 0.6 is 94.1 Å². The van der Waals surface area contributed by atoms with Crippen LogP contribution in [0.2, 0.25) is 0 Å². The van der Waals surface area contributed by atoms with E-state index in [2.05, 4.69) is 0 Å². The van der Waals surface area contributed by atoms with Gasteiger partial charge in [0.25, 0.3) is 0 Å². The Kier molecular flexibility index (Phi) is 8.55. The lowest BCUT2D eigenvalue weighted by atomic mass is 10.5. The molecule has 0 unspecified atom stereocenters. The van der Waals surface area contributed by atoms with Crippen molar-refractivity contribution in [2.45, 2.75) is 26.1 Å². The molecule has 0 aromatic rings. The molecule has 0 aromatic carbocycles. The van der Waals surface area contributed by atoms with E-state index in [1.165, 1.54) is 36.9 Å². The molecule has 0 bridgehead atoms. The molecule has 2 nitrogen and oxygen atoms in total. The van der Waals surface area contributed by atoms with Gasteiger partial charge in [-0.05, 0) is 13.8 Å². The molecule has 0 aliphatic carbocycles. The van der Waals surface area contributed by atoms with Crippen molar-refractivity contribution in [2.75, 3.05) is 23.0 Å². The van der Waals surface area contributed by atoms with Gasteiger partial charge in [0.05, 0.1) is 37.6 Å². The third-order valence-electron chi connectivity index (χ3n) is 2.70. The predicted molar refractivity (Wildman–Crippen MR) is 125 cm³/mol. The Morgan fingerprint density at radius 2 is 1.17 bits per heavy atom. The van der Waals surface area contributed by atoms with Crippen molar-refractivity contribution in [2.24, 2.45) is 0 Å². The molecule has 0 radical (unpaired) electrons. The van der Waals surface area contributed by atoms with Crippen LogP contribution in [-0.2, 0) is 0 Å². The van der Waals surface area contributed by atoms with E-state index >= 15 is 0 Å². The second-order valence-electron chi connectivity index (χ2n) is 5.15. The Bertz CT molecular complexity index is 535. The summed E-state index contributed by atoms with van der Waals surface area (Å²) in [7, 11) is 0. The number of hydrogen-bond donors (Lipinski definition) is 2. The van der Waals surface area contributed by atoms with Gasteiger partial charge >= 0.3 is 0 Å². The fourth-order valence-electron chi connectivity index (χ4n) is 1.73. The number of aliphatic hydroxyl groups is 2. The molecule has 10 heteroatoms. The molecule has 0 saturated carbocycles. The Balaban J connectivity index is 1.69.